The molecule has 0 unspecified atom stereocenters. The van der Waals surface area contributed by atoms with E-state index in [1.807, 2.05) is 6.07 Å². The summed E-state index contributed by atoms with van der Waals surface area (Å²) >= 11 is 0. The fourth-order valence-corrected chi connectivity index (χ4v) is 1.42. The van der Waals surface area contributed by atoms with Gasteiger partial charge in [0.2, 0.25) is 0 Å². The molecule has 0 spiro atoms. The summed E-state index contributed by atoms with van der Waals surface area (Å²) in [6.45, 7) is 0.0745. The van der Waals surface area contributed by atoms with Crippen molar-refractivity contribution in [2.24, 2.45) is 0 Å². The van der Waals surface area contributed by atoms with Crippen LogP contribution in [0.15, 0.2) is 24.3 Å². The lowest BCUT2D eigenvalue weighted by atomic mass is 10.2. The Labute approximate surface area is 117 Å². The lowest BCUT2D eigenvalue weighted by Crippen LogP contribution is -2.33. The summed E-state index contributed by atoms with van der Waals surface area (Å²) in [7, 11) is 2.87. The van der Waals surface area contributed by atoms with Gasteiger partial charge in [-0.1, -0.05) is 12.1 Å². The molecule has 0 fully saturated rings. The summed E-state index contributed by atoms with van der Waals surface area (Å²) in [5.41, 5.74) is 0.373. The molecule has 20 heavy (non-hydrogen) atoms. The molecule has 0 atom stereocenters. The van der Waals surface area contributed by atoms with Crippen molar-refractivity contribution in [1.82, 2.24) is 4.90 Å². The molecule has 0 aliphatic carbocycles. The maximum absolute atomic E-state index is 11.8. The highest BCUT2D eigenvalue weighted by Gasteiger charge is 2.12. The molecule has 0 saturated carbocycles. The van der Waals surface area contributed by atoms with E-state index in [0.29, 0.717) is 11.3 Å². The number of para-hydroxylation sites is 1. The number of likely N-dealkylation sites (N-methyl/N-ethyl adjacent to an activating group) is 1. The van der Waals surface area contributed by atoms with Crippen LogP contribution in [0.1, 0.15) is 12.0 Å². The molecule has 0 aliphatic rings. The highest BCUT2D eigenvalue weighted by molar-refractivity contribution is 5.78. The van der Waals surface area contributed by atoms with Crippen molar-refractivity contribution < 1.29 is 19.1 Å². The van der Waals surface area contributed by atoms with Gasteiger partial charge in [0.1, 0.15) is 11.8 Å². The smallest absolute Gasteiger partial charge is 0.307 e. The number of esters is 1. The van der Waals surface area contributed by atoms with Gasteiger partial charge in [0.25, 0.3) is 5.91 Å². The molecule has 1 amide bonds. The van der Waals surface area contributed by atoms with Crippen molar-refractivity contribution in [3.63, 3.8) is 0 Å². The number of nitriles is 1. The summed E-state index contributed by atoms with van der Waals surface area (Å²) in [5.74, 6) is -0.285. The van der Waals surface area contributed by atoms with Crippen molar-refractivity contribution in [3.8, 4) is 11.8 Å². The zero-order chi connectivity index (χ0) is 15.0. The summed E-state index contributed by atoms with van der Waals surface area (Å²) in [6.07, 6.45) is 0.132. The van der Waals surface area contributed by atoms with Gasteiger partial charge in [-0.05, 0) is 12.1 Å². The highest BCUT2D eigenvalue weighted by Crippen LogP contribution is 2.16. The maximum atomic E-state index is 11.8. The highest BCUT2D eigenvalue weighted by atomic mass is 16.5. The zero-order valence-corrected chi connectivity index (χ0v) is 11.5. The Balaban J connectivity index is 2.47. The van der Waals surface area contributed by atoms with E-state index >= 15 is 0 Å². The first-order chi connectivity index (χ1) is 9.58. The number of rotatable bonds is 6. The fourth-order valence-electron chi connectivity index (χ4n) is 1.42. The van der Waals surface area contributed by atoms with Crippen molar-refractivity contribution in [3.05, 3.63) is 29.8 Å². The molecular weight excluding hydrogens is 260 g/mol. The third-order valence-corrected chi connectivity index (χ3v) is 2.66. The molecule has 0 bridgehead atoms. The molecule has 0 radical (unpaired) electrons. The van der Waals surface area contributed by atoms with Crippen LogP contribution in [0.3, 0.4) is 0 Å². The number of amides is 1. The normalized spacial score (nSPS) is 9.45. The van der Waals surface area contributed by atoms with Gasteiger partial charge in [0, 0.05) is 13.6 Å². The number of hydrogen-bond acceptors (Lipinski definition) is 5. The first-order valence-corrected chi connectivity index (χ1v) is 6.01. The standard InChI is InChI=1S/C14H16N2O4/c1-16(8-7-14(18)19-2)13(17)10-20-12-6-4-3-5-11(12)9-15/h3-6H,7-8,10H2,1-2H3. The molecule has 0 aromatic heterocycles. The number of hydrogen-bond donors (Lipinski definition) is 0. The van der Waals surface area contributed by atoms with E-state index in [2.05, 4.69) is 4.74 Å². The van der Waals surface area contributed by atoms with E-state index in [1.165, 1.54) is 12.0 Å². The summed E-state index contributed by atoms with van der Waals surface area (Å²) < 4.78 is 9.81. The van der Waals surface area contributed by atoms with Crippen molar-refractivity contribution >= 4 is 11.9 Å². The summed E-state index contributed by atoms with van der Waals surface area (Å²) in [6, 6.07) is 8.66. The Morgan fingerprint density at radius 1 is 1.35 bits per heavy atom. The van der Waals surface area contributed by atoms with Crippen LogP contribution in [0.4, 0.5) is 0 Å². The molecule has 1 aromatic rings. The topological polar surface area (TPSA) is 79.6 Å². The van der Waals surface area contributed by atoms with Gasteiger partial charge in [-0.3, -0.25) is 9.59 Å². The third-order valence-electron chi connectivity index (χ3n) is 2.66. The number of ether oxygens (including phenoxy) is 2. The van der Waals surface area contributed by atoms with Gasteiger partial charge in [0.05, 0.1) is 19.1 Å². The average molecular weight is 276 g/mol. The Bertz CT molecular complexity index is 522. The number of methoxy groups -OCH3 is 1. The molecule has 6 heteroatoms. The SMILES string of the molecule is COC(=O)CCN(C)C(=O)COc1ccccc1C#N. The zero-order valence-electron chi connectivity index (χ0n) is 11.5. The van der Waals surface area contributed by atoms with E-state index in [0.717, 1.165) is 0 Å². The molecule has 0 saturated heterocycles. The molecule has 1 rings (SSSR count). The van der Waals surface area contributed by atoms with Gasteiger partial charge >= 0.3 is 5.97 Å². The van der Waals surface area contributed by atoms with E-state index in [4.69, 9.17) is 10.00 Å². The van der Waals surface area contributed by atoms with Crippen molar-refractivity contribution in [2.45, 2.75) is 6.42 Å². The van der Waals surface area contributed by atoms with Crippen LogP contribution in [-0.2, 0) is 14.3 Å². The Morgan fingerprint density at radius 2 is 2.05 bits per heavy atom. The number of carbonyl (C=O) groups excluding carboxylic acids is 2. The lowest BCUT2D eigenvalue weighted by molar-refractivity contribution is -0.141. The second-order valence-corrected chi connectivity index (χ2v) is 4.04. The average Bonchev–Trinajstić information content (AvgIpc) is 2.49. The fraction of sp³-hybridized carbons (Fsp3) is 0.357. The molecule has 0 heterocycles. The molecule has 0 aliphatic heterocycles. The number of benzene rings is 1. The third kappa shape index (κ3) is 4.61. The van der Waals surface area contributed by atoms with E-state index in [9.17, 15) is 9.59 Å². The van der Waals surface area contributed by atoms with Crippen LogP contribution in [0.25, 0.3) is 0 Å². The molecule has 0 N–H and O–H groups in total. The lowest BCUT2D eigenvalue weighted by Gasteiger charge is -2.17. The molecule has 6 nitrogen and oxygen atoms in total. The van der Waals surface area contributed by atoms with E-state index in [1.54, 1.807) is 31.3 Å². The Kier molecular flexibility index (Phi) is 6.04. The minimum atomic E-state index is -0.375. The van der Waals surface area contributed by atoms with Gasteiger partial charge < -0.3 is 14.4 Å². The van der Waals surface area contributed by atoms with Crippen LogP contribution in [0.5, 0.6) is 5.75 Å². The minimum Gasteiger partial charge on any atom is -0.482 e. The predicted molar refractivity (Wildman–Crippen MR) is 70.9 cm³/mol. The van der Waals surface area contributed by atoms with Crippen LogP contribution >= 0.6 is 0 Å². The van der Waals surface area contributed by atoms with E-state index in [-0.39, 0.29) is 31.4 Å². The van der Waals surface area contributed by atoms with Gasteiger partial charge in [0.15, 0.2) is 6.61 Å². The second-order valence-electron chi connectivity index (χ2n) is 4.04. The Morgan fingerprint density at radius 3 is 2.70 bits per heavy atom. The van der Waals surface area contributed by atoms with Gasteiger partial charge in [-0.2, -0.15) is 5.26 Å². The molecule has 1 aromatic carbocycles. The quantitative estimate of drug-likeness (QED) is 0.723. The monoisotopic (exact) mass is 276 g/mol. The minimum absolute atomic E-state index is 0.132. The van der Waals surface area contributed by atoms with Crippen LogP contribution in [0, 0.1) is 11.3 Å². The van der Waals surface area contributed by atoms with Crippen molar-refractivity contribution in [1.29, 1.82) is 5.26 Å². The van der Waals surface area contributed by atoms with Crippen LogP contribution < -0.4 is 4.74 Å². The Hall–Kier alpha value is -2.55. The van der Waals surface area contributed by atoms with Gasteiger partial charge in [-0.25, -0.2) is 0 Å². The molecular formula is C14H16N2O4. The van der Waals surface area contributed by atoms with Crippen LogP contribution in [-0.4, -0.2) is 44.1 Å². The van der Waals surface area contributed by atoms with Crippen LogP contribution in [0.2, 0.25) is 0 Å². The first-order valence-electron chi connectivity index (χ1n) is 6.01. The number of nitrogens with zero attached hydrogens (tertiary/aromatic N) is 2. The summed E-state index contributed by atoms with van der Waals surface area (Å²) in [5, 5.41) is 8.89. The summed E-state index contributed by atoms with van der Waals surface area (Å²) in [4.78, 5) is 24.1. The largest absolute Gasteiger partial charge is 0.482 e. The molecule has 106 valence electrons. The second kappa shape index (κ2) is 7.79. The van der Waals surface area contributed by atoms with E-state index < -0.39 is 0 Å². The predicted octanol–water partition coefficient (Wildman–Crippen LogP) is 0.959. The first kappa shape index (κ1) is 15.5. The maximum Gasteiger partial charge on any atom is 0.307 e. The van der Waals surface area contributed by atoms with Gasteiger partial charge in [-0.15, -0.1) is 0 Å². The number of carbonyl (C=O) groups is 2. The van der Waals surface area contributed by atoms with Crippen molar-refractivity contribution in [2.75, 3.05) is 27.3 Å².